The minimum absolute atomic E-state index is 0.0736. The van der Waals surface area contributed by atoms with Gasteiger partial charge in [-0.15, -0.1) is 0 Å². The van der Waals surface area contributed by atoms with Crippen molar-refractivity contribution < 1.29 is 19.4 Å². The van der Waals surface area contributed by atoms with Crippen LogP contribution in [0.25, 0.3) is 0 Å². The number of ether oxygens (including phenoxy) is 1. The average Bonchev–Trinajstić information content (AvgIpc) is 2.67. The van der Waals surface area contributed by atoms with Gasteiger partial charge in [-0.05, 0) is 33.8 Å². The van der Waals surface area contributed by atoms with Gasteiger partial charge in [-0.25, -0.2) is 9.59 Å². The second kappa shape index (κ2) is 5.52. The molecule has 0 aliphatic carbocycles. The lowest BCUT2D eigenvalue weighted by Crippen LogP contribution is -2.35. The molecule has 0 aromatic carbocycles. The molecule has 0 saturated carbocycles. The smallest absolute Gasteiger partial charge is 0.410 e. The molecule has 7 heteroatoms. The van der Waals surface area contributed by atoms with E-state index in [4.69, 9.17) is 9.84 Å². The predicted octanol–water partition coefficient (Wildman–Crippen LogP) is 2.05. The Kier molecular flexibility index (Phi) is 4.42. The first-order valence-electron chi connectivity index (χ1n) is 6.26. The molecule has 0 aliphatic heterocycles. The highest BCUT2D eigenvalue weighted by Crippen LogP contribution is 2.21. The van der Waals surface area contributed by atoms with Crippen molar-refractivity contribution in [2.75, 3.05) is 7.05 Å². The third-order valence-corrected chi connectivity index (χ3v) is 2.81. The molecule has 1 aromatic rings. The lowest BCUT2D eigenvalue weighted by molar-refractivity contribution is 0.0230. The summed E-state index contributed by atoms with van der Waals surface area (Å²) in [5.41, 5.74) is -0.01000. The van der Waals surface area contributed by atoms with Gasteiger partial charge in [0.1, 0.15) is 11.3 Å². The monoisotopic (exact) mass is 283 g/mol. The number of nitrogens with zero attached hydrogens (tertiary/aromatic N) is 3. The van der Waals surface area contributed by atoms with Crippen molar-refractivity contribution >= 4 is 12.1 Å². The molecule has 0 fully saturated rings. The molecule has 1 heterocycles. The topological polar surface area (TPSA) is 84.7 Å². The van der Waals surface area contributed by atoms with Crippen LogP contribution in [0, 0.1) is 0 Å². The fourth-order valence-electron chi connectivity index (χ4n) is 1.58. The molecule has 1 unspecified atom stereocenters. The van der Waals surface area contributed by atoms with Gasteiger partial charge in [0.15, 0.2) is 0 Å². The average molecular weight is 283 g/mol. The lowest BCUT2D eigenvalue weighted by Gasteiger charge is -2.27. The Balaban J connectivity index is 2.89. The summed E-state index contributed by atoms with van der Waals surface area (Å²) in [7, 11) is 3.14. The highest BCUT2D eigenvalue weighted by molar-refractivity contribution is 5.85. The largest absolute Gasteiger partial charge is 0.477 e. The van der Waals surface area contributed by atoms with Gasteiger partial charge in [0.25, 0.3) is 0 Å². The molecule has 1 aromatic heterocycles. The molecule has 0 radical (unpaired) electrons. The van der Waals surface area contributed by atoms with Crippen molar-refractivity contribution in [1.82, 2.24) is 14.7 Å². The lowest BCUT2D eigenvalue weighted by atomic mass is 10.2. The fourth-order valence-corrected chi connectivity index (χ4v) is 1.58. The van der Waals surface area contributed by atoms with E-state index >= 15 is 0 Å². The zero-order valence-corrected chi connectivity index (χ0v) is 12.7. The Morgan fingerprint density at radius 2 is 2.00 bits per heavy atom. The van der Waals surface area contributed by atoms with Gasteiger partial charge in [0.2, 0.25) is 0 Å². The second-order valence-corrected chi connectivity index (χ2v) is 5.65. The number of aromatic carboxylic acids is 1. The molecule has 1 N–H and O–H groups in total. The molecule has 112 valence electrons. The fraction of sp³-hybridized carbons (Fsp3) is 0.615. The third kappa shape index (κ3) is 3.72. The third-order valence-electron chi connectivity index (χ3n) is 2.81. The SMILES string of the molecule is CC(c1cc(C(=O)O)n(C)n1)N(C)C(=O)OC(C)(C)C. The van der Waals surface area contributed by atoms with E-state index < -0.39 is 17.7 Å². The van der Waals surface area contributed by atoms with Crippen LogP contribution >= 0.6 is 0 Å². The molecule has 7 nitrogen and oxygen atoms in total. The van der Waals surface area contributed by atoms with E-state index in [1.54, 1.807) is 41.8 Å². The van der Waals surface area contributed by atoms with E-state index in [0.717, 1.165) is 0 Å². The Morgan fingerprint density at radius 1 is 1.45 bits per heavy atom. The zero-order valence-electron chi connectivity index (χ0n) is 12.7. The molecular weight excluding hydrogens is 262 g/mol. The summed E-state index contributed by atoms with van der Waals surface area (Å²) in [6, 6.07) is 1.07. The van der Waals surface area contributed by atoms with Crippen LogP contribution in [-0.2, 0) is 11.8 Å². The number of hydrogen-bond donors (Lipinski definition) is 1. The molecule has 1 amide bonds. The summed E-state index contributed by atoms with van der Waals surface area (Å²) >= 11 is 0. The van der Waals surface area contributed by atoms with Gasteiger partial charge in [0, 0.05) is 14.1 Å². The minimum Gasteiger partial charge on any atom is -0.477 e. The van der Waals surface area contributed by atoms with E-state index in [-0.39, 0.29) is 11.7 Å². The van der Waals surface area contributed by atoms with Crippen molar-refractivity contribution in [3.63, 3.8) is 0 Å². The highest BCUT2D eigenvalue weighted by atomic mass is 16.6. The number of carboxylic acids is 1. The molecule has 0 bridgehead atoms. The van der Waals surface area contributed by atoms with Crippen LogP contribution in [0.3, 0.4) is 0 Å². The van der Waals surface area contributed by atoms with Gasteiger partial charge < -0.3 is 14.7 Å². The highest BCUT2D eigenvalue weighted by Gasteiger charge is 2.26. The van der Waals surface area contributed by atoms with E-state index in [0.29, 0.717) is 5.69 Å². The molecular formula is C13H21N3O4. The molecule has 20 heavy (non-hydrogen) atoms. The molecule has 1 atom stereocenters. The second-order valence-electron chi connectivity index (χ2n) is 5.65. The molecule has 1 rings (SSSR count). The van der Waals surface area contributed by atoms with Gasteiger partial charge in [-0.2, -0.15) is 5.10 Å². The van der Waals surface area contributed by atoms with Crippen LogP contribution < -0.4 is 0 Å². The number of carbonyl (C=O) groups excluding carboxylic acids is 1. The van der Waals surface area contributed by atoms with E-state index in [9.17, 15) is 9.59 Å². The Morgan fingerprint density at radius 3 is 2.40 bits per heavy atom. The zero-order chi connectivity index (χ0) is 15.7. The number of rotatable bonds is 3. The van der Waals surface area contributed by atoms with Crippen molar-refractivity contribution in [2.45, 2.75) is 39.3 Å². The first kappa shape index (κ1) is 16.0. The van der Waals surface area contributed by atoms with Crippen LogP contribution in [-0.4, -0.2) is 44.5 Å². The molecule has 0 aliphatic rings. The van der Waals surface area contributed by atoms with Gasteiger partial charge >= 0.3 is 12.1 Å². The Labute approximate surface area is 118 Å². The number of aromatic nitrogens is 2. The molecule has 0 spiro atoms. The van der Waals surface area contributed by atoms with Crippen LogP contribution in [0.4, 0.5) is 4.79 Å². The number of amides is 1. The standard InChI is InChI=1S/C13H21N3O4/c1-8(15(5)12(19)20-13(2,3)4)9-7-10(11(17)18)16(6)14-9/h7-8H,1-6H3,(H,17,18). The van der Waals surface area contributed by atoms with Crippen molar-refractivity contribution in [2.24, 2.45) is 7.05 Å². The normalized spacial score (nSPS) is 12.9. The van der Waals surface area contributed by atoms with Crippen LogP contribution in [0.15, 0.2) is 6.07 Å². The van der Waals surface area contributed by atoms with Crippen LogP contribution in [0.5, 0.6) is 0 Å². The molecule has 0 saturated heterocycles. The van der Waals surface area contributed by atoms with Crippen molar-refractivity contribution in [3.8, 4) is 0 Å². The Bertz CT molecular complexity index is 516. The summed E-state index contributed by atoms with van der Waals surface area (Å²) < 4.78 is 6.54. The minimum atomic E-state index is -1.06. The van der Waals surface area contributed by atoms with E-state index in [1.165, 1.54) is 15.6 Å². The maximum absolute atomic E-state index is 12.0. The van der Waals surface area contributed by atoms with Crippen molar-refractivity contribution in [3.05, 3.63) is 17.5 Å². The maximum Gasteiger partial charge on any atom is 0.410 e. The van der Waals surface area contributed by atoms with Crippen LogP contribution in [0.1, 0.15) is 49.9 Å². The summed E-state index contributed by atoms with van der Waals surface area (Å²) in [4.78, 5) is 24.3. The predicted molar refractivity (Wildman–Crippen MR) is 72.6 cm³/mol. The first-order chi connectivity index (χ1) is 9.03. The number of hydrogen-bond acceptors (Lipinski definition) is 4. The van der Waals surface area contributed by atoms with Crippen LogP contribution in [0.2, 0.25) is 0 Å². The van der Waals surface area contributed by atoms with Gasteiger partial charge in [0.05, 0.1) is 11.7 Å². The maximum atomic E-state index is 12.0. The summed E-state index contributed by atoms with van der Waals surface area (Å²) in [5.74, 6) is -1.06. The van der Waals surface area contributed by atoms with Crippen molar-refractivity contribution in [1.29, 1.82) is 0 Å². The number of carboxylic acid groups (broad SMARTS) is 1. The summed E-state index contributed by atoms with van der Waals surface area (Å²) in [6.45, 7) is 7.12. The van der Waals surface area contributed by atoms with E-state index in [2.05, 4.69) is 5.10 Å². The Hall–Kier alpha value is -2.05. The van der Waals surface area contributed by atoms with Gasteiger partial charge in [-0.1, -0.05) is 0 Å². The van der Waals surface area contributed by atoms with Gasteiger partial charge in [-0.3, -0.25) is 4.68 Å². The summed E-state index contributed by atoms with van der Waals surface area (Å²) in [5, 5.41) is 13.1. The quantitative estimate of drug-likeness (QED) is 0.917. The first-order valence-corrected chi connectivity index (χ1v) is 6.26. The number of aryl methyl sites for hydroxylation is 1. The summed E-state index contributed by atoms with van der Waals surface area (Å²) in [6.07, 6.45) is -0.479. The van der Waals surface area contributed by atoms with E-state index in [1.807, 2.05) is 0 Å². The number of carbonyl (C=O) groups is 2.